The Labute approximate surface area is 199 Å². The van der Waals surface area contributed by atoms with E-state index < -0.39 is 6.04 Å². The topological polar surface area (TPSA) is 59.8 Å². The molecule has 1 atom stereocenters. The molecule has 33 heavy (non-hydrogen) atoms. The van der Waals surface area contributed by atoms with Gasteiger partial charge in [-0.1, -0.05) is 51.8 Å². The lowest BCUT2D eigenvalue weighted by Crippen LogP contribution is -2.31. The van der Waals surface area contributed by atoms with Gasteiger partial charge < -0.3 is 14.1 Å². The van der Waals surface area contributed by atoms with E-state index in [4.69, 9.17) is 9.15 Å². The van der Waals surface area contributed by atoms with Crippen LogP contribution in [0.5, 0.6) is 5.75 Å². The summed E-state index contributed by atoms with van der Waals surface area (Å²) in [5.74, 6) is 0.665. The molecule has 1 aliphatic heterocycles. The SMILES string of the molecule is COc1ccc(CCN2C(=O)c3oc4ccc(C)cc4c(=O)c3C2c2ccc(Br)cc2)cc1. The number of fused-ring (bicyclic) bond motifs is 2. The highest BCUT2D eigenvalue weighted by atomic mass is 79.9. The standard InChI is InChI=1S/C27H22BrNO4/c1-16-3-12-22-21(15-16)25(30)23-24(18-6-8-19(28)9-7-18)29(27(31)26(23)33-22)14-13-17-4-10-20(32-2)11-5-17/h3-12,15,24H,13-14H2,1-2H3. The van der Waals surface area contributed by atoms with Crippen molar-refractivity contribution in [2.24, 2.45) is 0 Å². The first-order valence-electron chi connectivity index (χ1n) is 10.7. The molecule has 0 bridgehead atoms. The lowest BCUT2D eigenvalue weighted by molar-refractivity contribution is 0.0730. The maximum atomic E-state index is 13.6. The maximum Gasteiger partial charge on any atom is 0.290 e. The fourth-order valence-corrected chi connectivity index (χ4v) is 4.66. The van der Waals surface area contributed by atoms with Crippen molar-refractivity contribution in [1.82, 2.24) is 4.90 Å². The number of halogens is 1. The fraction of sp³-hybridized carbons (Fsp3) is 0.185. The van der Waals surface area contributed by atoms with E-state index in [1.54, 1.807) is 18.1 Å². The van der Waals surface area contributed by atoms with Gasteiger partial charge in [0.25, 0.3) is 5.91 Å². The van der Waals surface area contributed by atoms with Crippen LogP contribution in [0.2, 0.25) is 0 Å². The van der Waals surface area contributed by atoms with Gasteiger partial charge in [-0.25, -0.2) is 0 Å². The summed E-state index contributed by atoms with van der Waals surface area (Å²) < 4.78 is 12.2. The first kappa shape index (κ1) is 21.5. The Kier molecular flexibility index (Phi) is 5.54. The van der Waals surface area contributed by atoms with Crippen molar-refractivity contribution in [3.05, 3.63) is 109 Å². The third kappa shape index (κ3) is 3.85. The molecule has 166 valence electrons. The van der Waals surface area contributed by atoms with E-state index in [-0.39, 0.29) is 17.1 Å². The van der Waals surface area contributed by atoms with Gasteiger partial charge in [-0.3, -0.25) is 9.59 Å². The highest BCUT2D eigenvalue weighted by Gasteiger charge is 2.42. The largest absolute Gasteiger partial charge is 0.497 e. The van der Waals surface area contributed by atoms with Crippen LogP contribution in [-0.4, -0.2) is 24.5 Å². The lowest BCUT2D eigenvalue weighted by atomic mass is 9.98. The van der Waals surface area contributed by atoms with Crippen LogP contribution in [0.4, 0.5) is 0 Å². The minimum atomic E-state index is -0.500. The Morgan fingerprint density at radius 3 is 2.42 bits per heavy atom. The number of hydrogen-bond acceptors (Lipinski definition) is 4. The van der Waals surface area contributed by atoms with Crippen LogP contribution in [0, 0.1) is 6.92 Å². The van der Waals surface area contributed by atoms with Crippen molar-refractivity contribution >= 4 is 32.8 Å². The molecule has 0 radical (unpaired) electrons. The molecule has 1 aromatic heterocycles. The van der Waals surface area contributed by atoms with Gasteiger partial charge in [0.2, 0.25) is 5.76 Å². The van der Waals surface area contributed by atoms with Crippen LogP contribution >= 0.6 is 15.9 Å². The summed E-state index contributed by atoms with van der Waals surface area (Å²) in [7, 11) is 1.63. The minimum absolute atomic E-state index is 0.138. The smallest absolute Gasteiger partial charge is 0.290 e. The zero-order chi connectivity index (χ0) is 23.1. The zero-order valence-corrected chi connectivity index (χ0v) is 19.9. The van der Waals surface area contributed by atoms with E-state index >= 15 is 0 Å². The molecule has 1 aliphatic rings. The number of ether oxygens (including phenoxy) is 1. The number of carbonyl (C=O) groups is 1. The normalized spacial score (nSPS) is 15.2. The highest BCUT2D eigenvalue weighted by molar-refractivity contribution is 9.10. The summed E-state index contributed by atoms with van der Waals surface area (Å²) in [5.41, 5.74) is 3.62. The molecule has 0 aliphatic carbocycles. The second-order valence-corrected chi connectivity index (χ2v) is 9.14. The van der Waals surface area contributed by atoms with Crippen molar-refractivity contribution in [2.45, 2.75) is 19.4 Å². The van der Waals surface area contributed by atoms with E-state index in [2.05, 4.69) is 15.9 Å². The summed E-state index contributed by atoms with van der Waals surface area (Å²) >= 11 is 3.47. The molecule has 2 heterocycles. The Morgan fingerprint density at radius 1 is 1.00 bits per heavy atom. The first-order chi connectivity index (χ1) is 16.0. The average Bonchev–Trinajstić information content (AvgIpc) is 3.11. The maximum absolute atomic E-state index is 13.6. The number of aryl methyl sites for hydroxylation is 1. The predicted molar refractivity (Wildman–Crippen MR) is 131 cm³/mol. The van der Waals surface area contributed by atoms with Crippen molar-refractivity contribution in [3.63, 3.8) is 0 Å². The van der Waals surface area contributed by atoms with E-state index in [1.807, 2.05) is 67.6 Å². The van der Waals surface area contributed by atoms with Crippen LogP contribution in [0.15, 0.2) is 80.4 Å². The number of amides is 1. The van der Waals surface area contributed by atoms with Gasteiger partial charge in [0, 0.05) is 11.0 Å². The van der Waals surface area contributed by atoms with Gasteiger partial charge in [-0.2, -0.15) is 0 Å². The molecule has 0 N–H and O–H groups in total. The molecule has 0 fully saturated rings. The first-order valence-corrected chi connectivity index (χ1v) is 11.5. The van der Waals surface area contributed by atoms with Crippen LogP contribution < -0.4 is 10.2 Å². The lowest BCUT2D eigenvalue weighted by Gasteiger charge is -2.25. The summed E-state index contributed by atoms with van der Waals surface area (Å²) in [4.78, 5) is 28.8. The Morgan fingerprint density at radius 2 is 1.73 bits per heavy atom. The molecule has 0 saturated carbocycles. The number of methoxy groups -OCH3 is 1. The average molecular weight is 504 g/mol. The molecule has 5 nitrogen and oxygen atoms in total. The van der Waals surface area contributed by atoms with Gasteiger partial charge in [-0.05, 0) is 60.9 Å². The van der Waals surface area contributed by atoms with Crippen LogP contribution in [0.25, 0.3) is 11.0 Å². The third-order valence-corrected chi connectivity index (χ3v) is 6.64. The number of hydrogen-bond donors (Lipinski definition) is 0. The minimum Gasteiger partial charge on any atom is -0.497 e. The summed E-state index contributed by atoms with van der Waals surface area (Å²) in [6.07, 6.45) is 0.642. The summed E-state index contributed by atoms with van der Waals surface area (Å²) in [5, 5.41) is 0.501. The van der Waals surface area contributed by atoms with Gasteiger partial charge >= 0.3 is 0 Å². The second-order valence-electron chi connectivity index (χ2n) is 8.22. The predicted octanol–water partition coefficient (Wildman–Crippen LogP) is 5.66. The molecule has 0 spiro atoms. The van der Waals surface area contributed by atoms with Crippen molar-refractivity contribution in [2.75, 3.05) is 13.7 Å². The van der Waals surface area contributed by atoms with Gasteiger partial charge in [0.15, 0.2) is 5.43 Å². The monoisotopic (exact) mass is 503 g/mol. The third-order valence-electron chi connectivity index (χ3n) is 6.11. The van der Waals surface area contributed by atoms with Crippen LogP contribution in [0.3, 0.4) is 0 Å². The fourth-order valence-electron chi connectivity index (χ4n) is 4.40. The van der Waals surface area contributed by atoms with Gasteiger partial charge in [0.05, 0.1) is 24.1 Å². The van der Waals surface area contributed by atoms with Crippen molar-refractivity contribution in [3.8, 4) is 5.75 Å². The Hall–Kier alpha value is -3.38. The Bertz CT molecular complexity index is 1410. The number of benzene rings is 3. The van der Waals surface area contributed by atoms with Crippen molar-refractivity contribution in [1.29, 1.82) is 0 Å². The molecule has 0 saturated heterocycles. The van der Waals surface area contributed by atoms with E-state index in [0.29, 0.717) is 29.5 Å². The molecule has 1 amide bonds. The quantitative estimate of drug-likeness (QED) is 0.352. The summed E-state index contributed by atoms with van der Waals surface area (Å²) in [6.45, 7) is 2.38. The van der Waals surface area contributed by atoms with E-state index in [1.165, 1.54) is 0 Å². The second kappa shape index (κ2) is 8.52. The molecule has 6 heteroatoms. The highest BCUT2D eigenvalue weighted by Crippen LogP contribution is 2.38. The molecule has 3 aromatic carbocycles. The molecule has 1 unspecified atom stereocenters. The van der Waals surface area contributed by atoms with E-state index in [9.17, 15) is 9.59 Å². The molecule has 4 aromatic rings. The van der Waals surface area contributed by atoms with Crippen LogP contribution in [-0.2, 0) is 6.42 Å². The molecular weight excluding hydrogens is 482 g/mol. The zero-order valence-electron chi connectivity index (χ0n) is 18.3. The Balaban J connectivity index is 1.60. The van der Waals surface area contributed by atoms with Crippen molar-refractivity contribution < 1.29 is 13.9 Å². The van der Waals surface area contributed by atoms with Gasteiger partial charge in [0.1, 0.15) is 11.3 Å². The number of nitrogens with zero attached hydrogens (tertiary/aromatic N) is 1. The molecular formula is C27H22BrNO4. The molecule has 5 rings (SSSR count). The van der Waals surface area contributed by atoms with Gasteiger partial charge in [-0.15, -0.1) is 0 Å². The number of carbonyl (C=O) groups excluding carboxylic acids is 1. The number of rotatable bonds is 5. The summed E-state index contributed by atoms with van der Waals surface area (Å²) in [6, 6.07) is 20.5. The van der Waals surface area contributed by atoms with Crippen LogP contribution in [0.1, 0.15) is 38.9 Å². The van der Waals surface area contributed by atoms with E-state index in [0.717, 1.165) is 26.9 Å².